The highest BCUT2D eigenvalue weighted by Gasteiger charge is 2.47. The van der Waals surface area contributed by atoms with Crippen molar-refractivity contribution < 1.29 is 24.6 Å². The molecule has 0 saturated carbocycles. The molecule has 13 nitrogen and oxygen atoms in total. The number of imidazole rings is 1. The number of hydrogen-bond acceptors (Lipinski definition) is 12. The number of fused-ring (bicyclic) bond motifs is 1. The zero-order valence-electron chi connectivity index (χ0n) is 20.9. The third kappa shape index (κ3) is 5.19. The van der Waals surface area contributed by atoms with Gasteiger partial charge in [-0.2, -0.15) is 9.97 Å². The molecular weight excluding hydrogens is 492 g/mol. The molecular formula is C25H32N8O5. The van der Waals surface area contributed by atoms with Crippen molar-refractivity contribution >= 4 is 22.9 Å². The van der Waals surface area contributed by atoms with E-state index in [2.05, 4.69) is 30.7 Å². The first kappa shape index (κ1) is 26.0. The summed E-state index contributed by atoms with van der Waals surface area (Å²) in [5, 5.41) is 42.0. The number of aliphatic hydroxyl groups is 3. The minimum absolute atomic E-state index is 0.137. The molecule has 0 radical (unpaired) electrons. The van der Waals surface area contributed by atoms with Crippen molar-refractivity contribution in [3.05, 3.63) is 59.7 Å². The SMILES string of the molecule is CCc1cc([C@H]2O[C@@H](n3cnc4c(NC(CO)Cc5ccccc5)nc(NCCN)nc43)[C@H](O)[C@@H]2O)on1. The van der Waals surface area contributed by atoms with E-state index in [4.69, 9.17) is 15.0 Å². The molecule has 38 heavy (non-hydrogen) atoms. The largest absolute Gasteiger partial charge is 0.394 e. The van der Waals surface area contributed by atoms with Gasteiger partial charge in [0.1, 0.15) is 18.3 Å². The fourth-order valence-electron chi connectivity index (χ4n) is 4.47. The lowest BCUT2D eigenvalue weighted by molar-refractivity contribution is -0.0434. The molecule has 0 bridgehead atoms. The first-order valence-corrected chi connectivity index (χ1v) is 12.6. The van der Waals surface area contributed by atoms with Gasteiger partial charge in [-0.25, -0.2) is 4.98 Å². The van der Waals surface area contributed by atoms with Gasteiger partial charge in [-0.15, -0.1) is 0 Å². The van der Waals surface area contributed by atoms with Crippen LogP contribution in [0.25, 0.3) is 11.2 Å². The molecule has 1 aliphatic rings. The molecule has 13 heteroatoms. The van der Waals surface area contributed by atoms with Gasteiger partial charge in [0.2, 0.25) is 5.95 Å². The van der Waals surface area contributed by atoms with Gasteiger partial charge < -0.3 is 40.9 Å². The topological polar surface area (TPSA) is 190 Å². The minimum atomic E-state index is -1.29. The van der Waals surface area contributed by atoms with Gasteiger partial charge in [0.15, 0.2) is 29.0 Å². The van der Waals surface area contributed by atoms with Crippen molar-refractivity contribution in [3.8, 4) is 0 Å². The summed E-state index contributed by atoms with van der Waals surface area (Å²) in [6, 6.07) is 11.2. The Kier molecular flexibility index (Phi) is 7.81. The van der Waals surface area contributed by atoms with Crippen LogP contribution in [0, 0.1) is 0 Å². The Bertz CT molecular complexity index is 1350. The number of aryl methyl sites for hydroxylation is 1. The van der Waals surface area contributed by atoms with E-state index >= 15 is 0 Å². The Balaban J connectivity index is 1.47. The van der Waals surface area contributed by atoms with Gasteiger partial charge in [0.05, 0.1) is 24.7 Å². The second-order valence-corrected chi connectivity index (χ2v) is 9.15. The lowest BCUT2D eigenvalue weighted by Gasteiger charge is -2.19. The zero-order chi connectivity index (χ0) is 26.6. The number of aromatic nitrogens is 5. The van der Waals surface area contributed by atoms with Crippen LogP contribution in [0.15, 0.2) is 47.2 Å². The number of aliphatic hydroxyl groups excluding tert-OH is 3. The molecule has 4 heterocycles. The highest BCUT2D eigenvalue weighted by atomic mass is 16.6. The Morgan fingerprint density at radius 2 is 1.97 bits per heavy atom. The quantitative estimate of drug-likeness (QED) is 0.162. The average molecular weight is 525 g/mol. The van der Waals surface area contributed by atoms with E-state index in [1.54, 1.807) is 10.6 Å². The number of nitrogens with one attached hydrogen (secondary N) is 2. The Morgan fingerprint density at radius 1 is 1.16 bits per heavy atom. The Morgan fingerprint density at radius 3 is 2.68 bits per heavy atom. The highest BCUT2D eigenvalue weighted by Crippen LogP contribution is 2.40. The first-order chi connectivity index (χ1) is 18.5. The Hall–Kier alpha value is -3.62. The number of nitrogens with zero attached hydrogens (tertiary/aromatic N) is 5. The molecule has 0 aliphatic carbocycles. The van der Waals surface area contributed by atoms with E-state index in [9.17, 15) is 15.3 Å². The summed E-state index contributed by atoms with van der Waals surface area (Å²) in [4.78, 5) is 13.6. The molecule has 1 aromatic carbocycles. The molecule has 0 amide bonds. The van der Waals surface area contributed by atoms with Gasteiger partial charge in [0.25, 0.3) is 0 Å². The molecule has 5 rings (SSSR count). The lowest BCUT2D eigenvalue weighted by atomic mass is 10.1. The van der Waals surface area contributed by atoms with Crippen molar-refractivity contribution in [1.29, 1.82) is 0 Å². The zero-order valence-corrected chi connectivity index (χ0v) is 20.9. The van der Waals surface area contributed by atoms with Crippen molar-refractivity contribution in [2.24, 2.45) is 5.73 Å². The summed E-state index contributed by atoms with van der Waals surface area (Å²) in [5.74, 6) is 1.01. The van der Waals surface area contributed by atoms with Crippen LogP contribution in [0.3, 0.4) is 0 Å². The highest BCUT2D eigenvalue weighted by molar-refractivity contribution is 5.84. The van der Waals surface area contributed by atoms with Crippen LogP contribution in [-0.4, -0.2) is 77.9 Å². The summed E-state index contributed by atoms with van der Waals surface area (Å²) >= 11 is 0. The van der Waals surface area contributed by atoms with E-state index in [1.165, 1.54) is 6.33 Å². The van der Waals surface area contributed by atoms with Gasteiger partial charge in [-0.3, -0.25) is 4.57 Å². The number of rotatable bonds is 11. The van der Waals surface area contributed by atoms with Crippen LogP contribution in [0.2, 0.25) is 0 Å². The fourth-order valence-corrected chi connectivity index (χ4v) is 4.47. The van der Waals surface area contributed by atoms with E-state index in [-0.39, 0.29) is 18.6 Å². The van der Waals surface area contributed by atoms with Gasteiger partial charge in [0, 0.05) is 19.2 Å². The van der Waals surface area contributed by atoms with Crippen molar-refractivity contribution in [2.45, 2.75) is 50.3 Å². The van der Waals surface area contributed by atoms with Crippen LogP contribution in [0.5, 0.6) is 0 Å². The predicted octanol–water partition coefficient (Wildman–Crippen LogP) is 0.755. The average Bonchev–Trinajstić information content (AvgIpc) is 3.66. The van der Waals surface area contributed by atoms with Gasteiger partial charge in [-0.05, 0) is 18.4 Å². The summed E-state index contributed by atoms with van der Waals surface area (Å²) in [6.07, 6.45) is -1.77. The number of anilines is 2. The maximum absolute atomic E-state index is 10.9. The Labute approximate surface area is 218 Å². The summed E-state index contributed by atoms with van der Waals surface area (Å²) in [5.41, 5.74) is 8.21. The fraction of sp³-hybridized carbons (Fsp3) is 0.440. The van der Waals surface area contributed by atoms with Crippen LogP contribution in [0.4, 0.5) is 11.8 Å². The van der Waals surface area contributed by atoms with Crippen LogP contribution in [0.1, 0.15) is 36.3 Å². The number of ether oxygens (including phenoxy) is 1. The van der Waals surface area contributed by atoms with Crippen LogP contribution < -0.4 is 16.4 Å². The standard InChI is InChI=1S/C25H32N8O5/c1-2-15-11-17(38-32-15)21-19(35)20(36)24(37-21)33-13-28-18-22(30-25(27-9-8-26)31-23(18)33)29-16(12-34)10-14-6-4-3-5-7-14/h3-7,11,13,16,19-21,24,34-36H,2,8-10,12,26H2,1H3,(H2,27,29,30,31)/t16?,19-,20+,21+,24+/m0/s1. The maximum Gasteiger partial charge on any atom is 0.226 e. The smallest absolute Gasteiger partial charge is 0.226 e. The normalized spacial score (nSPS) is 22.1. The van der Waals surface area contributed by atoms with Gasteiger partial charge >= 0.3 is 0 Å². The molecule has 0 spiro atoms. The molecule has 7 N–H and O–H groups in total. The third-order valence-electron chi connectivity index (χ3n) is 6.47. The molecule has 5 atom stereocenters. The molecule has 4 aromatic rings. The first-order valence-electron chi connectivity index (χ1n) is 12.6. The summed E-state index contributed by atoms with van der Waals surface area (Å²) in [6.45, 7) is 2.60. The van der Waals surface area contributed by atoms with E-state index < -0.39 is 24.5 Å². The minimum Gasteiger partial charge on any atom is -0.394 e. The third-order valence-corrected chi connectivity index (χ3v) is 6.47. The maximum atomic E-state index is 10.9. The molecule has 1 aliphatic heterocycles. The van der Waals surface area contributed by atoms with Crippen molar-refractivity contribution in [3.63, 3.8) is 0 Å². The van der Waals surface area contributed by atoms with Crippen LogP contribution in [-0.2, 0) is 17.6 Å². The van der Waals surface area contributed by atoms with Crippen molar-refractivity contribution in [1.82, 2.24) is 24.7 Å². The van der Waals surface area contributed by atoms with Crippen LogP contribution >= 0.6 is 0 Å². The number of nitrogens with two attached hydrogens (primary N) is 1. The molecule has 1 saturated heterocycles. The molecule has 202 valence electrons. The van der Waals surface area contributed by atoms with Crippen molar-refractivity contribution in [2.75, 3.05) is 30.3 Å². The predicted molar refractivity (Wildman–Crippen MR) is 138 cm³/mol. The monoisotopic (exact) mass is 524 g/mol. The van der Waals surface area contributed by atoms with E-state index in [1.807, 2.05) is 37.3 Å². The summed E-state index contributed by atoms with van der Waals surface area (Å²) in [7, 11) is 0. The lowest BCUT2D eigenvalue weighted by Crippen LogP contribution is -2.29. The van der Waals surface area contributed by atoms with Gasteiger partial charge in [-0.1, -0.05) is 42.4 Å². The molecule has 1 unspecified atom stereocenters. The summed E-state index contributed by atoms with van der Waals surface area (Å²) < 4.78 is 12.9. The second kappa shape index (κ2) is 11.4. The second-order valence-electron chi connectivity index (χ2n) is 9.15. The number of benzene rings is 1. The molecule has 3 aromatic heterocycles. The molecule has 1 fully saturated rings. The van der Waals surface area contributed by atoms with E-state index in [0.29, 0.717) is 48.7 Å². The van der Waals surface area contributed by atoms with E-state index in [0.717, 1.165) is 11.3 Å². The number of hydrogen-bond donors (Lipinski definition) is 6.